The molecule has 1 aromatic heterocycles. The molecular formula is C34H44N4O4S2. The highest BCUT2D eigenvalue weighted by atomic mass is 32.2. The minimum atomic E-state index is -2.26. The first-order chi connectivity index (χ1) is 21.3. The van der Waals surface area contributed by atoms with Crippen molar-refractivity contribution in [3.63, 3.8) is 0 Å². The van der Waals surface area contributed by atoms with Gasteiger partial charge in [0, 0.05) is 59.3 Å². The van der Waals surface area contributed by atoms with Gasteiger partial charge in [0.15, 0.2) is 0 Å². The number of benzene rings is 2. The molecule has 0 saturated carbocycles. The molecule has 0 spiro atoms. The minimum Gasteiger partial charge on any atom is -0.378 e. The number of anilines is 2. The molecule has 3 heterocycles. The van der Waals surface area contributed by atoms with Gasteiger partial charge < -0.3 is 19.8 Å². The summed E-state index contributed by atoms with van der Waals surface area (Å²) < 4.78 is 13.5. The smallest absolute Gasteiger partial charge is 0.291 e. The summed E-state index contributed by atoms with van der Waals surface area (Å²) in [4.78, 5) is 13.8. The van der Waals surface area contributed by atoms with Crippen LogP contribution in [0.4, 0.5) is 11.6 Å². The minimum absolute atomic E-state index is 0.0370. The van der Waals surface area contributed by atoms with E-state index in [4.69, 9.17) is 13.9 Å². The molecule has 2 N–H and O–H groups in total. The molecule has 0 amide bonds. The van der Waals surface area contributed by atoms with Crippen molar-refractivity contribution in [2.75, 3.05) is 35.4 Å². The van der Waals surface area contributed by atoms with Crippen LogP contribution in [-0.4, -0.2) is 59.7 Å². The number of nitrogens with zero attached hydrogens (tertiary/aromatic N) is 4. The Balaban J connectivity index is 0.00000216. The molecule has 0 bridgehead atoms. The molecule has 2 aliphatic heterocycles. The summed E-state index contributed by atoms with van der Waals surface area (Å²) in [5.41, 5.74) is 3.51. The highest BCUT2D eigenvalue weighted by molar-refractivity contribution is 8.00. The molecule has 0 atom stereocenters. The largest absolute Gasteiger partial charge is 0.378 e. The Kier molecular flexibility index (Phi) is 13.1. The van der Waals surface area contributed by atoms with Gasteiger partial charge in [-0.15, -0.1) is 0 Å². The van der Waals surface area contributed by atoms with Gasteiger partial charge in [0.25, 0.3) is 5.97 Å². The van der Waals surface area contributed by atoms with Gasteiger partial charge in [0.2, 0.25) is 0 Å². The standard InChI is InChI=1S/C32H38N4O4S2.C2H6/c1-24-4-9-28(10-5-24)41-36-20-3-18-33-19-14-26-8-13-30(34-31(26)36)35-21-15-27(16-22-35)39-23-17-32(37,38)40-42-29-11-6-25(2)7-12-29;1-2/h3-13,18-19,27,37-38H,14-17,20-23H2,1-2H3;1-2H3/b18-3-,33-19?;. The molecule has 8 nitrogen and oxygen atoms in total. The normalized spacial score (nSPS) is 16.3. The SMILES string of the molecule is CC.Cc1ccc(SOC(O)(O)CCOC2CCN(c3ccc4c(n3)N(Sc3ccc(C)cc3)C/C=C\N=CC4)CC2)cc1. The first-order valence-electron chi connectivity index (χ1n) is 15.3. The van der Waals surface area contributed by atoms with Crippen LogP contribution >= 0.6 is 24.0 Å². The van der Waals surface area contributed by atoms with Crippen molar-refractivity contribution in [3.8, 4) is 0 Å². The second-order valence-electron chi connectivity index (χ2n) is 10.6. The van der Waals surface area contributed by atoms with E-state index in [-0.39, 0.29) is 19.1 Å². The van der Waals surface area contributed by atoms with Gasteiger partial charge in [-0.3, -0.25) is 13.5 Å². The molecule has 2 aliphatic rings. The Bertz CT molecular complexity index is 1360. The summed E-state index contributed by atoms with van der Waals surface area (Å²) in [6.07, 6.45) is 8.24. The molecular weight excluding hydrogens is 593 g/mol. The highest BCUT2D eigenvalue weighted by Crippen LogP contribution is 2.33. The maximum Gasteiger partial charge on any atom is 0.291 e. The molecule has 0 radical (unpaired) electrons. The quantitative estimate of drug-likeness (QED) is 0.137. The number of aromatic nitrogens is 1. The number of ether oxygens (including phenoxy) is 1. The summed E-state index contributed by atoms with van der Waals surface area (Å²) >= 11 is 2.64. The molecule has 0 aliphatic carbocycles. The van der Waals surface area contributed by atoms with Crippen molar-refractivity contribution in [2.45, 2.75) is 75.2 Å². The van der Waals surface area contributed by atoms with Crippen LogP contribution in [-0.2, 0) is 15.3 Å². The zero-order valence-electron chi connectivity index (χ0n) is 26.1. The van der Waals surface area contributed by atoms with Crippen molar-refractivity contribution in [3.05, 3.63) is 89.6 Å². The van der Waals surface area contributed by atoms with Crippen LogP contribution in [0.25, 0.3) is 0 Å². The van der Waals surface area contributed by atoms with Crippen LogP contribution < -0.4 is 9.21 Å². The third kappa shape index (κ3) is 10.4. The Hall–Kier alpha value is -2.86. The van der Waals surface area contributed by atoms with E-state index < -0.39 is 5.97 Å². The van der Waals surface area contributed by atoms with E-state index in [1.165, 1.54) is 10.5 Å². The number of fused-ring (bicyclic) bond motifs is 1. The van der Waals surface area contributed by atoms with Crippen molar-refractivity contribution in [1.82, 2.24) is 4.98 Å². The molecule has 0 unspecified atom stereocenters. The van der Waals surface area contributed by atoms with Crippen molar-refractivity contribution in [1.29, 1.82) is 0 Å². The van der Waals surface area contributed by atoms with E-state index in [2.05, 4.69) is 63.6 Å². The van der Waals surface area contributed by atoms with Gasteiger partial charge >= 0.3 is 0 Å². The maximum absolute atomic E-state index is 10.2. The van der Waals surface area contributed by atoms with Crippen molar-refractivity contribution < 1.29 is 19.1 Å². The first kappa shape index (κ1) is 34.0. The lowest BCUT2D eigenvalue weighted by molar-refractivity contribution is -0.293. The summed E-state index contributed by atoms with van der Waals surface area (Å²) in [6.45, 7) is 10.6. The average Bonchev–Trinajstić information content (AvgIpc) is 3.13. The summed E-state index contributed by atoms with van der Waals surface area (Å²) in [6, 6.07) is 20.5. The van der Waals surface area contributed by atoms with Crippen LogP contribution in [0.1, 0.15) is 49.8 Å². The van der Waals surface area contributed by atoms with Gasteiger partial charge in [-0.05, 0) is 75.0 Å². The zero-order chi connectivity index (χ0) is 31.4. The van der Waals surface area contributed by atoms with Crippen LogP contribution in [0.15, 0.2) is 87.7 Å². The summed E-state index contributed by atoms with van der Waals surface area (Å²) in [5.74, 6) is -0.351. The lowest BCUT2D eigenvalue weighted by Gasteiger charge is -2.34. The second kappa shape index (κ2) is 17.0. The highest BCUT2D eigenvalue weighted by Gasteiger charge is 2.27. The zero-order valence-corrected chi connectivity index (χ0v) is 27.7. The predicted molar refractivity (Wildman–Crippen MR) is 182 cm³/mol. The third-order valence-corrected chi connectivity index (χ3v) is 8.97. The Labute approximate surface area is 270 Å². The molecule has 10 heteroatoms. The van der Waals surface area contributed by atoms with Gasteiger partial charge in [-0.2, -0.15) is 0 Å². The first-order valence-corrected chi connectivity index (χ1v) is 16.8. The average molecular weight is 637 g/mol. The van der Waals surface area contributed by atoms with E-state index in [9.17, 15) is 10.2 Å². The Morgan fingerprint density at radius 2 is 1.57 bits per heavy atom. The van der Waals surface area contributed by atoms with Gasteiger partial charge in [-0.1, -0.05) is 55.3 Å². The number of pyridine rings is 1. The fourth-order valence-electron chi connectivity index (χ4n) is 4.69. The Morgan fingerprint density at radius 1 is 0.909 bits per heavy atom. The number of aryl methyl sites for hydroxylation is 2. The maximum atomic E-state index is 10.2. The van der Waals surface area contributed by atoms with E-state index in [1.807, 2.05) is 57.5 Å². The molecule has 1 saturated heterocycles. The third-order valence-electron chi connectivity index (χ3n) is 7.13. The lowest BCUT2D eigenvalue weighted by atomic mass is 10.1. The molecule has 1 fully saturated rings. The molecule has 236 valence electrons. The van der Waals surface area contributed by atoms with Crippen molar-refractivity contribution in [2.24, 2.45) is 4.99 Å². The topological polar surface area (TPSA) is 90.7 Å². The fraction of sp³-hybridized carbons (Fsp3) is 0.412. The fourth-order valence-corrected chi connectivity index (χ4v) is 6.17. The van der Waals surface area contributed by atoms with Crippen LogP contribution in [0.5, 0.6) is 0 Å². The van der Waals surface area contributed by atoms with Crippen LogP contribution in [0.2, 0.25) is 0 Å². The van der Waals surface area contributed by atoms with E-state index in [1.54, 1.807) is 11.9 Å². The number of hydrogen-bond donors (Lipinski definition) is 2. The molecule has 3 aromatic rings. The van der Waals surface area contributed by atoms with Gasteiger partial charge in [0.1, 0.15) is 11.6 Å². The molecule has 5 rings (SSSR count). The van der Waals surface area contributed by atoms with Crippen LogP contribution in [0, 0.1) is 13.8 Å². The molecule has 44 heavy (non-hydrogen) atoms. The van der Waals surface area contributed by atoms with E-state index in [0.717, 1.165) is 72.1 Å². The van der Waals surface area contributed by atoms with E-state index >= 15 is 0 Å². The Morgan fingerprint density at radius 3 is 2.25 bits per heavy atom. The number of aliphatic imine (C=N–C) groups is 1. The van der Waals surface area contributed by atoms with Gasteiger partial charge in [0.05, 0.1) is 25.7 Å². The van der Waals surface area contributed by atoms with Crippen LogP contribution in [0.3, 0.4) is 0 Å². The second-order valence-corrected chi connectivity index (χ2v) is 12.5. The monoisotopic (exact) mass is 636 g/mol. The summed E-state index contributed by atoms with van der Waals surface area (Å²) in [7, 11) is 0. The lowest BCUT2D eigenvalue weighted by Crippen LogP contribution is -2.38. The number of piperidine rings is 1. The van der Waals surface area contributed by atoms with E-state index in [0.29, 0.717) is 6.54 Å². The predicted octanol–water partition coefficient (Wildman–Crippen LogP) is 7.12. The number of rotatable bonds is 10. The number of aliphatic hydroxyl groups is 2. The van der Waals surface area contributed by atoms with Crippen molar-refractivity contribution >= 4 is 41.8 Å². The van der Waals surface area contributed by atoms with Gasteiger partial charge in [-0.25, -0.2) is 4.98 Å². The number of hydrogen-bond acceptors (Lipinski definition) is 10. The summed E-state index contributed by atoms with van der Waals surface area (Å²) in [5, 5.41) is 20.5. The molecule has 2 aromatic carbocycles.